The van der Waals surface area contributed by atoms with E-state index in [9.17, 15) is 4.39 Å². The van der Waals surface area contributed by atoms with Crippen molar-refractivity contribution < 1.29 is 4.39 Å². The highest BCUT2D eigenvalue weighted by atomic mass is 19.1. The molecular formula is C25H33F. The van der Waals surface area contributed by atoms with E-state index in [0.717, 1.165) is 49.1 Å². The summed E-state index contributed by atoms with van der Waals surface area (Å²) in [4.78, 5) is 0. The van der Waals surface area contributed by atoms with Gasteiger partial charge in [-0.25, -0.2) is 4.39 Å². The van der Waals surface area contributed by atoms with Crippen LogP contribution in [0.4, 0.5) is 4.39 Å². The minimum atomic E-state index is 0.0146. The van der Waals surface area contributed by atoms with Crippen LogP contribution in [0.5, 0.6) is 0 Å². The zero-order valence-electron chi connectivity index (χ0n) is 16.4. The van der Waals surface area contributed by atoms with Crippen LogP contribution in [0.1, 0.15) is 80.5 Å². The van der Waals surface area contributed by atoms with Crippen molar-refractivity contribution in [3.8, 4) is 0 Å². The first-order valence-corrected chi connectivity index (χ1v) is 10.6. The molecule has 1 aliphatic rings. The third-order valence-corrected chi connectivity index (χ3v) is 6.19. The van der Waals surface area contributed by atoms with Crippen molar-refractivity contribution in [2.75, 3.05) is 0 Å². The van der Waals surface area contributed by atoms with Crippen molar-refractivity contribution in [3.05, 3.63) is 70.5 Å². The molecule has 0 spiro atoms. The summed E-state index contributed by atoms with van der Waals surface area (Å²) in [6.45, 7) is 4.49. The maximum absolute atomic E-state index is 14.7. The molecule has 1 saturated carbocycles. The molecule has 0 bridgehead atoms. The summed E-state index contributed by atoms with van der Waals surface area (Å²) >= 11 is 0. The van der Waals surface area contributed by atoms with Crippen LogP contribution in [0.2, 0.25) is 0 Å². The summed E-state index contributed by atoms with van der Waals surface area (Å²) < 4.78 is 14.7. The van der Waals surface area contributed by atoms with Crippen molar-refractivity contribution >= 4 is 0 Å². The lowest BCUT2D eigenvalue weighted by Crippen LogP contribution is -2.13. The molecule has 2 aromatic carbocycles. The van der Waals surface area contributed by atoms with Gasteiger partial charge in [-0.2, -0.15) is 0 Å². The number of hydrogen-bond acceptors (Lipinski definition) is 0. The van der Waals surface area contributed by atoms with Gasteiger partial charge in [0.1, 0.15) is 5.82 Å². The molecule has 1 heteroatoms. The van der Waals surface area contributed by atoms with Gasteiger partial charge in [-0.05, 0) is 85.1 Å². The Morgan fingerprint density at radius 3 is 1.92 bits per heavy atom. The van der Waals surface area contributed by atoms with Crippen LogP contribution in [0.3, 0.4) is 0 Å². The van der Waals surface area contributed by atoms with Gasteiger partial charge >= 0.3 is 0 Å². The van der Waals surface area contributed by atoms with Gasteiger partial charge in [0.25, 0.3) is 0 Å². The average molecular weight is 353 g/mol. The molecule has 3 rings (SSSR count). The first-order valence-electron chi connectivity index (χ1n) is 10.6. The van der Waals surface area contributed by atoms with E-state index in [1.165, 1.54) is 36.8 Å². The fourth-order valence-electron chi connectivity index (χ4n) is 4.39. The minimum absolute atomic E-state index is 0.0146. The smallest absolute Gasteiger partial charge is 0.126 e. The van der Waals surface area contributed by atoms with Gasteiger partial charge in [-0.1, -0.05) is 63.1 Å². The second-order valence-corrected chi connectivity index (χ2v) is 8.05. The normalized spacial score (nSPS) is 20.3. The maximum atomic E-state index is 14.7. The molecule has 0 unspecified atom stereocenters. The fraction of sp³-hybridized carbons (Fsp3) is 0.520. The summed E-state index contributed by atoms with van der Waals surface area (Å²) in [7, 11) is 0. The largest absolute Gasteiger partial charge is 0.207 e. The van der Waals surface area contributed by atoms with Gasteiger partial charge < -0.3 is 0 Å². The van der Waals surface area contributed by atoms with Crippen molar-refractivity contribution in [3.63, 3.8) is 0 Å². The predicted molar refractivity (Wildman–Crippen MR) is 109 cm³/mol. The SMILES string of the molecule is CCCc1ccc(CCc2ccc(C3CCC(CC)CC3)c(F)c2)cc1. The van der Waals surface area contributed by atoms with E-state index in [1.807, 2.05) is 0 Å². The predicted octanol–water partition coefficient (Wildman–Crippen LogP) is 7.25. The van der Waals surface area contributed by atoms with E-state index in [2.05, 4.69) is 50.2 Å². The molecule has 0 nitrogen and oxygen atoms in total. The van der Waals surface area contributed by atoms with Gasteiger partial charge in [0.15, 0.2) is 0 Å². The van der Waals surface area contributed by atoms with Crippen LogP contribution in [0.15, 0.2) is 42.5 Å². The highest BCUT2D eigenvalue weighted by molar-refractivity contribution is 5.29. The Bertz CT molecular complexity index is 678. The Morgan fingerprint density at radius 1 is 0.769 bits per heavy atom. The van der Waals surface area contributed by atoms with E-state index in [1.54, 1.807) is 6.07 Å². The van der Waals surface area contributed by atoms with Crippen molar-refractivity contribution in [1.29, 1.82) is 0 Å². The molecule has 140 valence electrons. The van der Waals surface area contributed by atoms with Gasteiger partial charge in [-0.15, -0.1) is 0 Å². The molecule has 0 radical (unpaired) electrons. The number of halogens is 1. The zero-order valence-corrected chi connectivity index (χ0v) is 16.4. The van der Waals surface area contributed by atoms with Crippen molar-refractivity contribution in [2.24, 2.45) is 5.92 Å². The Kier molecular flexibility index (Phi) is 6.88. The molecule has 0 aromatic heterocycles. The van der Waals surface area contributed by atoms with Crippen LogP contribution in [-0.4, -0.2) is 0 Å². The monoisotopic (exact) mass is 352 g/mol. The molecule has 0 amide bonds. The van der Waals surface area contributed by atoms with Crippen LogP contribution < -0.4 is 0 Å². The molecule has 2 aromatic rings. The molecule has 26 heavy (non-hydrogen) atoms. The van der Waals surface area contributed by atoms with E-state index >= 15 is 0 Å². The highest BCUT2D eigenvalue weighted by Gasteiger charge is 2.23. The van der Waals surface area contributed by atoms with Gasteiger partial charge in [-0.3, -0.25) is 0 Å². The third kappa shape index (κ3) is 4.96. The van der Waals surface area contributed by atoms with E-state index in [4.69, 9.17) is 0 Å². The molecule has 0 atom stereocenters. The topological polar surface area (TPSA) is 0 Å². The summed E-state index contributed by atoms with van der Waals surface area (Å²) in [6, 6.07) is 14.9. The second kappa shape index (κ2) is 9.35. The minimum Gasteiger partial charge on any atom is -0.207 e. The average Bonchev–Trinajstić information content (AvgIpc) is 2.68. The lowest BCUT2D eigenvalue weighted by molar-refractivity contribution is 0.314. The Balaban J connectivity index is 1.57. The second-order valence-electron chi connectivity index (χ2n) is 8.05. The standard InChI is InChI=1S/C25H33F/c1-3-5-20-6-8-21(9-7-20)10-11-22-14-17-24(25(26)18-22)23-15-12-19(4-2)13-16-23/h6-9,14,17-19,23H,3-5,10-13,15-16H2,1-2H3. The van der Waals surface area contributed by atoms with Crippen LogP contribution >= 0.6 is 0 Å². The van der Waals surface area contributed by atoms with Crippen molar-refractivity contribution in [2.45, 2.75) is 77.6 Å². The Labute approximate surface area is 158 Å². The number of hydrogen-bond donors (Lipinski definition) is 0. The van der Waals surface area contributed by atoms with Crippen molar-refractivity contribution in [1.82, 2.24) is 0 Å². The van der Waals surface area contributed by atoms with Crippen LogP contribution in [0, 0.1) is 11.7 Å². The molecule has 1 aliphatic carbocycles. The first kappa shape index (κ1) is 19.1. The number of rotatable bonds is 7. The number of benzene rings is 2. The van der Waals surface area contributed by atoms with E-state index in [0.29, 0.717) is 5.92 Å². The fourth-order valence-corrected chi connectivity index (χ4v) is 4.39. The summed E-state index contributed by atoms with van der Waals surface area (Å²) in [5.74, 6) is 1.30. The van der Waals surface area contributed by atoms with E-state index in [-0.39, 0.29) is 5.82 Å². The zero-order chi connectivity index (χ0) is 18.4. The van der Waals surface area contributed by atoms with Crippen LogP contribution in [-0.2, 0) is 19.3 Å². The van der Waals surface area contributed by atoms with Crippen LogP contribution in [0.25, 0.3) is 0 Å². The maximum Gasteiger partial charge on any atom is 0.126 e. The quantitative estimate of drug-likeness (QED) is 0.492. The molecule has 0 heterocycles. The third-order valence-electron chi connectivity index (χ3n) is 6.19. The number of aryl methyl sites for hydroxylation is 3. The highest BCUT2D eigenvalue weighted by Crippen LogP contribution is 2.38. The summed E-state index contributed by atoms with van der Waals surface area (Å²) in [5.41, 5.74) is 4.81. The lowest BCUT2D eigenvalue weighted by atomic mass is 9.77. The molecule has 0 saturated heterocycles. The Morgan fingerprint density at radius 2 is 1.35 bits per heavy atom. The summed E-state index contributed by atoms with van der Waals surface area (Å²) in [5, 5.41) is 0. The summed E-state index contributed by atoms with van der Waals surface area (Å²) in [6.07, 6.45) is 10.3. The molecule has 0 aliphatic heterocycles. The van der Waals surface area contributed by atoms with Gasteiger partial charge in [0, 0.05) is 0 Å². The molecular weight excluding hydrogens is 319 g/mol. The Hall–Kier alpha value is -1.63. The molecule has 1 fully saturated rings. The first-order chi connectivity index (χ1) is 12.7. The lowest BCUT2D eigenvalue weighted by Gasteiger charge is -2.28. The molecule has 0 N–H and O–H groups in total. The van der Waals surface area contributed by atoms with E-state index < -0.39 is 0 Å². The van der Waals surface area contributed by atoms with Gasteiger partial charge in [0.05, 0.1) is 0 Å². The van der Waals surface area contributed by atoms with Gasteiger partial charge in [0.2, 0.25) is 0 Å².